The van der Waals surface area contributed by atoms with E-state index in [2.05, 4.69) is 9.97 Å². The highest BCUT2D eigenvalue weighted by molar-refractivity contribution is 5.10. The second-order valence-corrected chi connectivity index (χ2v) is 3.59. The predicted molar refractivity (Wildman–Crippen MR) is 52.6 cm³/mol. The van der Waals surface area contributed by atoms with Gasteiger partial charge in [0.1, 0.15) is 18.5 Å². The minimum atomic E-state index is -1.85. The molecule has 0 saturated carbocycles. The van der Waals surface area contributed by atoms with Gasteiger partial charge in [-0.2, -0.15) is 4.98 Å². The molecule has 1 fully saturated rings. The molecule has 17 heavy (non-hydrogen) atoms. The minimum Gasteiger partial charge on any atom is -0.394 e. The third-order valence-corrected chi connectivity index (χ3v) is 2.49. The average molecular weight is 246 g/mol. The number of anilines is 1. The monoisotopic (exact) mass is 246 g/mol. The van der Waals surface area contributed by atoms with Crippen molar-refractivity contribution in [3.8, 4) is 0 Å². The van der Waals surface area contributed by atoms with E-state index in [1.165, 1.54) is 0 Å². The molecule has 1 aromatic rings. The minimum absolute atomic E-state index is 0.237. The molecule has 0 amide bonds. The molecular formula is C8H11FN4O4. The summed E-state index contributed by atoms with van der Waals surface area (Å²) in [5.41, 5.74) is 4.35. The van der Waals surface area contributed by atoms with Crippen LogP contribution in [0.15, 0.2) is 11.1 Å². The number of nitrogen functional groups attached to an aromatic ring is 1. The average Bonchev–Trinajstić information content (AvgIpc) is 2.57. The maximum Gasteiger partial charge on any atom is 0.354 e. The molecule has 0 radical (unpaired) electrons. The van der Waals surface area contributed by atoms with E-state index in [9.17, 15) is 14.3 Å². The highest BCUT2D eigenvalue weighted by Crippen LogP contribution is 2.30. The smallest absolute Gasteiger partial charge is 0.354 e. The van der Waals surface area contributed by atoms with Gasteiger partial charge in [-0.25, -0.2) is 14.2 Å². The highest BCUT2D eigenvalue weighted by atomic mass is 19.1. The quantitative estimate of drug-likeness (QED) is 0.541. The van der Waals surface area contributed by atoms with Gasteiger partial charge in [0, 0.05) is 0 Å². The lowest BCUT2D eigenvalue weighted by atomic mass is 10.1. The Morgan fingerprint density at radius 1 is 1.65 bits per heavy atom. The lowest BCUT2D eigenvalue weighted by molar-refractivity contribution is -0.0495. The maximum atomic E-state index is 13.7. The maximum absolute atomic E-state index is 13.7. The van der Waals surface area contributed by atoms with Crippen LogP contribution in [0, 0.1) is 0 Å². The molecule has 94 valence electrons. The van der Waals surface area contributed by atoms with E-state index >= 15 is 0 Å². The Bertz CT molecular complexity index is 467. The van der Waals surface area contributed by atoms with Gasteiger partial charge in [-0.1, -0.05) is 0 Å². The third-order valence-electron chi connectivity index (χ3n) is 2.49. The van der Waals surface area contributed by atoms with Crippen molar-refractivity contribution in [1.82, 2.24) is 14.5 Å². The summed E-state index contributed by atoms with van der Waals surface area (Å²) in [6.45, 7) is -0.553. The standard InChI is InChI=1S/C8H11FN4O4/c9-4-5(15)3(1-14)17-6(4)13-2-11-7(10)12-8(13)16/h2-6,14-15H,1H2,(H2,10,12,16)/t3-,4+,5?,6-/m1/s1. The van der Waals surface area contributed by atoms with Crippen molar-refractivity contribution < 1.29 is 19.3 Å². The van der Waals surface area contributed by atoms with Gasteiger partial charge in [0.25, 0.3) is 0 Å². The fourth-order valence-electron chi connectivity index (χ4n) is 1.61. The number of rotatable bonds is 2. The second-order valence-electron chi connectivity index (χ2n) is 3.59. The number of hydrogen-bond donors (Lipinski definition) is 3. The number of hydrogen-bond acceptors (Lipinski definition) is 7. The van der Waals surface area contributed by atoms with Crippen LogP contribution in [0.3, 0.4) is 0 Å². The van der Waals surface area contributed by atoms with E-state index < -0.39 is 36.9 Å². The van der Waals surface area contributed by atoms with Crippen LogP contribution in [0.1, 0.15) is 6.23 Å². The van der Waals surface area contributed by atoms with E-state index in [1.807, 2.05) is 0 Å². The molecule has 8 nitrogen and oxygen atoms in total. The summed E-state index contributed by atoms with van der Waals surface area (Å²) in [5, 5.41) is 18.2. The number of aliphatic hydroxyl groups excluding tert-OH is 2. The Morgan fingerprint density at radius 2 is 2.35 bits per heavy atom. The van der Waals surface area contributed by atoms with Gasteiger partial charge < -0.3 is 20.7 Å². The van der Waals surface area contributed by atoms with Crippen molar-refractivity contribution >= 4 is 5.95 Å². The summed E-state index contributed by atoms with van der Waals surface area (Å²) in [6.07, 6.45) is -4.82. The molecule has 2 heterocycles. The molecule has 2 rings (SSSR count). The number of alkyl halides is 1. The van der Waals surface area contributed by atoms with Crippen molar-refractivity contribution in [2.24, 2.45) is 0 Å². The zero-order valence-corrected chi connectivity index (χ0v) is 8.60. The predicted octanol–water partition coefficient (Wildman–Crippen LogP) is -2.19. The number of ether oxygens (including phenoxy) is 1. The molecule has 0 spiro atoms. The van der Waals surface area contributed by atoms with Gasteiger partial charge in [-0.05, 0) is 0 Å². The highest BCUT2D eigenvalue weighted by Gasteiger charge is 2.45. The first-order valence-corrected chi connectivity index (χ1v) is 4.83. The van der Waals surface area contributed by atoms with Crippen LogP contribution in [-0.2, 0) is 4.74 Å². The Morgan fingerprint density at radius 3 is 2.88 bits per heavy atom. The van der Waals surface area contributed by atoms with Crippen molar-refractivity contribution in [2.75, 3.05) is 12.3 Å². The molecule has 4 atom stereocenters. The topological polar surface area (TPSA) is 123 Å². The van der Waals surface area contributed by atoms with Crippen molar-refractivity contribution in [3.05, 3.63) is 16.8 Å². The normalized spacial score (nSPS) is 32.9. The number of nitrogens with zero attached hydrogens (tertiary/aromatic N) is 3. The number of aromatic nitrogens is 3. The van der Waals surface area contributed by atoms with Gasteiger partial charge in [-0.15, -0.1) is 0 Å². The van der Waals surface area contributed by atoms with Crippen molar-refractivity contribution in [1.29, 1.82) is 0 Å². The van der Waals surface area contributed by atoms with E-state index in [4.69, 9.17) is 15.6 Å². The molecule has 4 N–H and O–H groups in total. The Labute approximate surface area is 94.5 Å². The number of nitrogens with two attached hydrogens (primary N) is 1. The van der Waals surface area contributed by atoms with Crippen LogP contribution in [0.4, 0.5) is 10.3 Å². The third kappa shape index (κ3) is 1.99. The zero-order valence-electron chi connectivity index (χ0n) is 8.60. The van der Waals surface area contributed by atoms with E-state index in [0.717, 1.165) is 10.9 Å². The molecule has 1 aliphatic rings. The molecule has 0 aliphatic carbocycles. The summed E-state index contributed by atoms with van der Waals surface area (Å²) in [6, 6.07) is 0. The van der Waals surface area contributed by atoms with E-state index in [0.29, 0.717) is 0 Å². The van der Waals surface area contributed by atoms with Crippen LogP contribution in [0.2, 0.25) is 0 Å². The molecule has 1 aromatic heterocycles. The largest absolute Gasteiger partial charge is 0.394 e. The fraction of sp³-hybridized carbons (Fsp3) is 0.625. The molecular weight excluding hydrogens is 235 g/mol. The zero-order chi connectivity index (χ0) is 12.6. The van der Waals surface area contributed by atoms with Gasteiger partial charge in [0.2, 0.25) is 5.95 Å². The van der Waals surface area contributed by atoms with Gasteiger partial charge >= 0.3 is 5.69 Å². The summed E-state index contributed by atoms with van der Waals surface area (Å²) in [5.74, 6) is -0.237. The van der Waals surface area contributed by atoms with E-state index in [-0.39, 0.29) is 5.95 Å². The van der Waals surface area contributed by atoms with Crippen molar-refractivity contribution in [3.63, 3.8) is 0 Å². The SMILES string of the molecule is Nc1ncn([C@@H]2O[C@H](CO)C(O)[C@@H]2F)c(=O)n1. The molecule has 1 unspecified atom stereocenters. The first kappa shape index (κ1) is 11.9. The fourth-order valence-corrected chi connectivity index (χ4v) is 1.61. The summed E-state index contributed by atoms with van der Waals surface area (Å²) in [7, 11) is 0. The Balaban J connectivity index is 2.32. The van der Waals surface area contributed by atoms with Crippen LogP contribution in [0.25, 0.3) is 0 Å². The first-order chi connectivity index (χ1) is 8.04. The molecule has 9 heteroatoms. The summed E-state index contributed by atoms with van der Waals surface area (Å²) in [4.78, 5) is 18.3. The van der Waals surface area contributed by atoms with Gasteiger partial charge in [0.15, 0.2) is 12.4 Å². The Hall–Kier alpha value is -1.58. The first-order valence-electron chi connectivity index (χ1n) is 4.83. The molecule has 1 aliphatic heterocycles. The summed E-state index contributed by atoms with van der Waals surface area (Å²) >= 11 is 0. The second kappa shape index (κ2) is 4.35. The number of halogens is 1. The number of aliphatic hydroxyl groups is 2. The van der Waals surface area contributed by atoms with Crippen LogP contribution < -0.4 is 11.4 Å². The molecule has 1 saturated heterocycles. The van der Waals surface area contributed by atoms with Crippen LogP contribution in [-0.4, -0.2) is 49.7 Å². The van der Waals surface area contributed by atoms with Gasteiger partial charge in [-0.3, -0.25) is 4.57 Å². The lowest BCUT2D eigenvalue weighted by Crippen LogP contribution is -2.34. The van der Waals surface area contributed by atoms with Gasteiger partial charge in [0.05, 0.1) is 6.61 Å². The van der Waals surface area contributed by atoms with E-state index in [1.54, 1.807) is 0 Å². The lowest BCUT2D eigenvalue weighted by Gasteiger charge is -2.14. The van der Waals surface area contributed by atoms with Crippen molar-refractivity contribution in [2.45, 2.75) is 24.6 Å². The molecule has 0 bridgehead atoms. The van der Waals surface area contributed by atoms with Crippen LogP contribution >= 0.6 is 0 Å². The molecule has 0 aromatic carbocycles. The van der Waals surface area contributed by atoms with Crippen LogP contribution in [0.5, 0.6) is 0 Å². The summed E-state index contributed by atoms with van der Waals surface area (Å²) < 4.78 is 19.4. The Kier molecular flexibility index (Phi) is 3.05.